The van der Waals surface area contributed by atoms with Gasteiger partial charge in [0, 0.05) is 12.5 Å². The van der Waals surface area contributed by atoms with Gasteiger partial charge < -0.3 is 0 Å². The van der Waals surface area contributed by atoms with E-state index >= 15 is 0 Å². The van der Waals surface area contributed by atoms with E-state index in [1.165, 1.54) is 27.6 Å². The molecule has 0 saturated carbocycles. The number of hydrogen-bond acceptors (Lipinski definition) is 1. The third-order valence-electron chi connectivity index (χ3n) is 4.13. The van der Waals surface area contributed by atoms with Crippen LogP contribution in [0, 0.1) is 0 Å². The Hall–Kier alpha value is -1.83. The molecule has 0 radical (unpaired) electrons. The molecule has 2 atom stereocenters. The van der Waals surface area contributed by atoms with E-state index in [9.17, 15) is 0 Å². The van der Waals surface area contributed by atoms with Crippen molar-refractivity contribution in [2.75, 3.05) is 7.05 Å². The Morgan fingerprint density at radius 3 is 2.53 bits per heavy atom. The number of hydroxylamine groups is 1. The molecule has 2 nitrogen and oxygen atoms in total. The summed E-state index contributed by atoms with van der Waals surface area (Å²) in [5.74, 6) is 0.404. The van der Waals surface area contributed by atoms with E-state index in [1.807, 2.05) is 11.8 Å². The first kappa shape index (κ1) is 9.23. The predicted octanol–water partition coefficient (Wildman–Crippen LogP) is 3.03. The van der Waals surface area contributed by atoms with Gasteiger partial charge in [0.2, 0.25) is 11.8 Å². The van der Waals surface area contributed by atoms with Crippen molar-refractivity contribution in [1.29, 1.82) is 0 Å². The second-order valence-corrected chi connectivity index (χ2v) is 4.94. The number of hydrogen-bond donors (Lipinski definition) is 0. The van der Waals surface area contributed by atoms with Crippen LogP contribution in [0.15, 0.2) is 36.4 Å². The summed E-state index contributed by atoms with van der Waals surface area (Å²) in [4.78, 5) is 5.97. The standard InChI is InChI=1S/C15H14NO/c1-9-13-11-7-3-5-10-6-4-8-12(14(10)11)15(13)17-16(9)2/h3-8,13,15H,1-2H3/q+1. The lowest BCUT2D eigenvalue weighted by atomic mass is 9.94. The van der Waals surface area contributed by atoms with Crippen LogP contribution in [0.4, 0.5) is 0 Å². The van der Waals surface area contributed by atoms with Crippen LogP contribution in [0.5, 0.6) is 0 Å². The first-order valence-corrected chi connectivity index (χ1v) is 6.03. The third-order valence-corrected chi connectivity index (χ3v) is 4.13. The summed E-state index contributed by atoms with van der Waals surface area (Å²) in [5.41, 5.74) is 4.07. The van der Waals surface area contributed by atoms with Gasteiger partial charge in [-0.3, -0.25) is 4.84 Å². The molecule has 0 aromatic heterocycles. The summed E-state index contributed by atoms with van der Waals surface area (Å²) in [7, 11) is 2.00. The van der Waals surface area contributed by atoms with Crippen molar-refractivity contribution in [3.8, 4) is 0 Å². The van der Waals surface area contributed by atoms with Gasteiger partial charge in [-0.25, -0.2) is 0 Å². The minimum absolute atomic E-state index is 0.182. The zero-order chi connectivity index (χ0) is 11.6. The first-order chi connectivity index (χ1) is 8.27. The molecule has 0 N–H and O–H groups in total. The molecule has 1 heterocycles. The third kappa shape index (κ3) is 0.985. The van der Waals surface area contributed by atoms with E-state index in [0.29, 0.717) is 5.92 Å². The maximum absolute atomic E-state index is 5.97. The van der Waals surface area contributed by atoms with Gasteiger partial charge >= 0.3 is 0 Å². The first-order valence-electron chi connectivity index (χ1n) is 6.03. The molecule has 2 aliphatic rings. The van der Waals surface area contributed by atoms with Crippen LogP contribution in [0.1, 0.15) is 30.1 Å². The van der Waals surface area contributed by atoms with E-state index < -0.39 is 0 Å². The van der Waals surface area contributed by atoms with Gasteiger partial charge in [-0.1, -0.05) is 36.4 Å². The number of fused-ring (bicyclic) bond motifs is 3. The fourth-order valence-corrected chi connectivity index (χ4v) is 3.25. The molecule has 2 unspecified atom stereocenters. The van der Waals surface area contributed by atoms with E-state index in [1.54, 1.807) is 0 Å². The number of benzene rings is 2. The molecule has 1 aliphatic carbocycles. The Balaban J connectivity index is 2.10. The Labute approximate surface area is 100 Å². The topological polar surface area (TPSA) is 12.2 Å². The summed E-state index contributed by atoms with van der Waals surface area (Å²) in [6, 6.07) is 13.1. The van der Waals surface area contributed by atoms with Gasteiger partial charge in [-0.2, -0.15) is 0 Å². The van der Waals surface area contributed by atoms with Crippen LogP contribution < -0.4 is 0 Å². The lowest BCUT2D eigenvalue weighted by Crippen LogP contribution is -2.09. The molecule has 2 aromatic carbocycles. The molecule has 0 fully saturated rings. The van der Waals surface area contributed by atoms with Crippen LogP contribution in [0.2, 0.25) is 0 Å². The Morgan fingerprint density at radius 2 is 1.76 bits per heavy atom. The van der Waals surface area contributed by atoms with Crippen molar-refractivity contribution in [2.45, 2.75) is 18.9 Å². The molecule has 17 heavy (non-hydrogen) atoms. The van der Waals surface area contributed by atoms with Gasteiger partial charge in [0.25, 0.3) is 0 Å². The fourth-order valence-electron chi connectivity index (χ4n) is 3.25. The lowest BCUT2D eigenvalue weighted by molar-refractivity contribution is -0.769. The fraction of sp³-hybridized carbons (Fsp3) is 0.267. The Morgan fingerprint density at radius 1 is 1.06 bits per heavy atom. The quantitative estimate of drug-likeness (QED) is 0.626. The normalized spacial score (nSPS) is 25.3. The van der Waals surface area contributed by atoms with E-state index in [0.717, 1.165) is 0 Å². The second-order valence-electron chi connectivity index (χ2n) is 4.94. The predicted molar refractivity (Wildman–Crippen MR) is 67.4 cm³/mol. The van der Waals surface area contributed by atoms with Crippen LogP contribution in [0.25, 0.3) is 10.8 Å². The zero-order valence-electron chi connectivity index (χ0n) is 9.97. The Kier molecular flexibility index (Phi) is 1.57. The highest BCUT2D eigenvalue weighted by molar-refractivity contribution is 5.99. The molecule has 84 valence electrons. The van der Waals surface area contributed by atoms with Crippen LogP contribution >= 0.6 is 0 Å². The summed E-state index contributed by atoms with van der Waals surface area (Å²) in [5, 5.41) is 2.73. The van der Waals surface area contributed by atoms with Gasteiger partial charge in [0.15, 0.2) is 7.05 Å². The summed E-state index contributed by atoms with van der Waals surface area (Å²) < 4.78 is 1.92. The second kappa shape index (κ2) is 2.89. The summed E-state index contributed by atoms with van der Waals surface area (Å²) in [6.45, 7) is 2.16. The highest BCUT2D eigenvalue weighted by Gasteiger charge is 2.48. The molecule has 0 saturated heterocycles. The highest BCUT2D eigenvalue weighted by atomic mass is 16.7. The maximum atomic E-state index is 5.97. The maximum Gasteiger partial charge on any atom is 0.213 e. The van der Waals surface area contributed by atoms with Crippen LogP contribution in [-0.2, 0) is 4.84 Å². The molecule has 0 spiro atoms. The minimum atomic E-state index is 0.182. The largest absolute Gasteiger partial charge is 0.268 e. The lowest BCUT2D eigenvalue weighted by Gasteiger charge is -2.04. The average Bonchev–Trinajstić information content (AvgIpc) is 2.80. The average molecular weight is 224 g/mol. The Bertz CT molecular complexity index is 666. The van der Waals surface area contributed by atoms with E-state index in [4.69, 9.17) is 4.84 Å². The van der Waals surface area contributed by atoms with E-state index in [-0.39, 0.29) is 6.10 Å². The SMILES string of the molecule is CC1=[N+](C)OC2c3cccc4cccc(c34)C12. The van der Waals surface area contributed by atoms with Crippen molar-refractivity contribution in [1.82, 2.24) is 0 Å². The molecule has 2 heteroatoms. The monoisotopic (exact) mass is 224 g/mol. The van der Waals surface area contributed by atoms with Crippen molar-refractivity contribution in [3.05, 3.63) is 47.5 Å². The summed E-state index contributed by atoms with van der Waals surface area (Å²) in [6.07, 6.45) is 0.182. The number of nitrogens with zero attached hydrogens (tertiary/aromatic N) is 1. The van der Waals surface area contributed by atoms with Crippen molar-refractivity contribution in [2.24, 2.45) is 0 Å². The molecule has 2 aromatic rings. The molecule has 0 bridgehead atoms. The molecular weight excluding hydrogens is 210 g/mol. The molecule has 0 amide bonds. The zero-order valence-corrected chi connectivity index (χ0v) is 9.97. The van der Waals surface area contributed by atoms with Gasteiger partial charge in [-0.05, 0) is 21.1 Å². The minimum Gasteiger partial charge on any atom is -0.268 e. The smallest absolute Gasteiger partial charge is 0.213 e. The molecular formula is C15H14NO+. The highest BCUT2D eigenvalue weighted by Crippen LogP contribution is 2.50. The van der Waals surface area contributed by atoms with Crippen LogP contribution in [-0.4, -0.2) is 17.5 Å². The van der Waals surface area contributed by atoms with Crippen molar-refractivity contribution in [3.63, 3.8) is 0 Å². The van der Waals surface area contributed by atoms with Crippen molar-refractivity contribution >= 4 is 16.5 Å². The van der Waals surface area contributed by atoms with Crippen LogP contribution in [0.3, 0.4) is 0 Å². The molecule has 4 rings (SSSR count). The summed E-state index contributed by atoms with van der Waals surface area (Å²) >= 11 is 0. The number of rotatable bonds is 0. The van der Waals surface area contributed by atoms with Gasteiger partial charge in [-0.15, -0.1) is 0 Å². The van der Waals surface area contributed by atoms with E-state index in [2.05, 4.69) is 43.3 Å². The van der Waals surface area contributed by atoms with Gasteiger partial charge in [0.05, 0.1) is 0 Å². The molecule has 1 aliphatic heterocycles. The van der Waals surface area contributed by atoms with Crippen molar-refractivity contribution < 1.29 is 9.58 Å². The van der Waals surface area contributed by atoms with Gasteiger partial charge in [0.1, 0.15) is 5.92 Å².